The summed E-state index contributed by atoms with van der Waals surface area (Å²) in [6.45, 7) is -32.5. The highest BCUT2D eigenvalue weighted by molar-refractivity contribution is 5.77. The van der Waals surface area contributed by atoms with Crippen LogP contribution >= 0.6 is 0 Å². The average molecular weight is 1740 g/mol. The summed E-state index contributed by atoms with van der Waals surface area (Å²) < 4.78 is 633. The zero-order valence-corrected chi connectivity index (χ0v) is 68.9. The number of methoxy groups -OCH3 is 8. The van der Waals surface area contributed by atoms with E-state index in [-0.39, 0.29) is 119 Å². The molecule has 4 fully saturated rings. The van der Waals surface area contributed by atoms with Gasteiger partial charge in [0.05, 0.1) is 84.1 Å². The van der Waals surface area contributed by atoms with E-state index in [9.17, 15) is 41.1 Å². The Morgan fingerprint density at radius 3 is 0.833 bits per heavy atom. The minimum Gasteiger partial charge on any atom is -0.493 e. The Bertz CT molecular complexity index is 7220. The van der Waals surface area contributed by atoms with Gasteiger partial charge in [-0.1, -0.05) is 110 Å². The van der Waals surface area contributed by atoms with Crippen molar-refractivity contribution in [3.8, 4) is 46.0 Å². The highest BCUT2D eigenvalue weighted by Gasteiger charge is 2.47. The minimum absolute atomic E-state index is 0.0298. The van der Waals surface area contributed by atoms with E-state index in [0.717, 1.165) is 40.9 Å². The molecule has 8 aliphatic rings. The van der Waals surface area contributed by atoms with Gasteiger partial charge in [-0.2, -0.15) is 0 Å². The lowest BCUT2D eigenvalue weighted by molar-refractivity contribution is -0.161. The second-order valence-electron chi connectivity index (χ2n) is 29.6. The van der Waals surface area contributed by atoms with Gasteiger partial charge in [0, 0.05) is 191 Å². The third-order valence-electron chi connectivity index (χ3n) is 19.1. The largest absolute Gasteiger partial charge is 0.493 e. The Kier molecular flexibility index (Phi) is 14.5. The fourth-order valence-corrected chi connectivity index (χ4v) is 13.5. The van der Waals surface area contributed by atoms with Crippen LogP contribution in [0, 0.1) is 70.8 Å². The predicted molar refractivity (Wildman–Crippen MR) is 471 cm³/mol. The molecule has 4 saturated heterocycles. The number of hydrogen-bond acceptors (Lipinski definition) is 24. The summed E-state index contributed by atoms with van der Waals surface area (Å²) in [6.07, 6.45) is -28.8. The van der Waals surface area contributed by atoms with E-state index in [0.29, 0.717) is 0 Å². The summed E-state index contributed by atoms with van der Waals surface area (Å²) in [4.78, 5) is 58.3. The van der Waals surface area contributed by atoms with Gasteiger partial charge in [-0.15, -0.1) is 0 Å². The zero-order valence-electron chi connectivity index (χ0n) is 137. The molecular formula is C96H152N8O16. The van der Waals surface area contributed by atoms with E-state index < -0.39 is 385 Å². The number of nitrogens with zero attached hydrogens (tertiary/aromatic N) is 4. The normalized spacial score (nSPS) is 42.7. The van der Waals surface area contributed by atoms with Crippen LogP contribution in [0.2, 0.25) is 0 Å². The van der Waals surface area contributed by atoms with Gasteiger partial charge >= 0.3 is 23.9 Å². The number of benzene rings is 4. The Labute approximate surface area is 814 Å². The molecule has 16 atom stereocenters. The molecule has 120 heavy (non-hydrogen) atoms. The molecule has 8 N–H and O–H groups in total. The maximum Gasteiger partial charge on any atom is 0.323 e. The van der Waals surface area contributed by atoms with Crippen LogP contribution in [0.4, 0.5) is 0 Å². The van der Waals surface area contributed by atoms with Crippen molar-refractivity contribution in [2.75, 3.05) is 109 Å². The number of ether oxygens (including phenoxy) is 12. The lowest BCUT2D eigenvalue weighted by atomic mass is 9.79. The van der Waals surface area contributed by atoms with Gasteiger partial charge in [0.15, 0.2) is 46.0 Å². The second kappa shape index (κ2) is 43.9. The molecule has 12 unspecified atom stereocenters. The number of rotatable bonds is 28. The van der Waals surface area contributed by atoms with Crippen molar-refractivity contribution in [1.29, 1.82) is 0 Å². The summed E-state index contributed by atoms with van der Waals surface area (Å²) >= 11 is 0. The molecule has 4 aromatic carbocycles. The quantitative estimate of drug-likeness (QED) is 0.0303. The van der Waals surface area contributed by atoms with Crippen LogP contribution < -0.4 is 60.8 Å². The molecule has 0 aromatic heterocycles. The molecule has 0 bridgehead atoms. The standard InChI is InChI=1S/4C24H38N2O4/c4*1-14(2)9-17-13-26-8-7-16-10-21(28-5)22(29-6)11-18(16)19(26)12-20(17)30-24(27)23(25)15(3)4/h4*10-11,14-15,17,19-20,23H,7-9,12-13,25H2,1-6H3/t4*17?,19?,20?,23-/m0000/s1/i3D3,4D3,5D3,10D,11D,12D2,13D2,15D,17D,20D,23D;3D3,4D3,10D,11D,12D2,13D2,15D,17D,20D,23D;3D3,4D3,5D3,10D,11D,12D2,13D2,15D,17D,23D;3D3,4D3,10D,11D,12D2,13D2,15D,17D,23D. The van der Waals surface area contributed by atoms with E-state index >= 15 is 0 Å². The third-order valence-corrected chi connectivity index (χ3v) is 19.1. The van der Waals surface area contributed by atoms with Crippen LogP contribution in [0.15, 0.2) is 48.3 Å². The van der Waals surface area contributed by atoms with Crippen LogP contribution in [0.1, 0.15) is 323 Å². The van der Waals surface area contributed by atoms with Gasteiger partial charge in [-0.05, 0) is 191 Å². The summed E-state index contributed by atoms with van der Waals surface area (Å²) in [5.74, 6) is -43.1. The Balaban J connectivity index is 0.000000273. The molecule has 0 amide bonds. The molecule has 24 nitrogen and oxygen atoms in total. The lowest BCUT2D eigenvalue weighted by Crippen LogP contribution is -2.51. The first-order valence-corrected chi connectivity index (χ1v) is 37.9. The first-order chi connectivity index (χ1) is 83.5. The van der Waals surface area contributed by atoms with Crippen molar-refractivity contribution in [1.82, 2.24) is 19.6 Å². The van der Waals surface area contributed by atoms with Gasteiger partial charge in [0.25, 0.3) is 0 Å². The van der Waals surface area contributed by atoms with Crippen LogP contribution in [0.3, 0.4) is 0 Å². The SMILES string of the molecule is [2H]c1c2c(c([2H])c(OC)c1OC([2H])([2H])[2H])C1N(CC2)C([2H])([2H])C([2H])(CC(C)C)C(OC(=O)[C@@]([2H])(N)C([2H])(C([2H])([2H])[2H])C([2H])([2H])[2H])C1([2H])[2H].[2H]c1c2c(c([2H])c(OC)c1OC([2H])([2H])[2H])C1N(CC2)C([2H])([2H])C([2H])(CC(C)C)C([2H])(OC(=O)[C@@]([2H])(N)C([2H])(C([2H])([2H])[2H])C([2H])([2H])[2H])C1([2H])[2H].[2H]c1c2c(c([2H])c(OC)c1OC)C1N(CC2)C([2H])([2H])C([2H])(CC(C)C)C(OC(=O)[C@@]([2H])(N)C([2H])(C([2H])([2H])[2H])C([2H])([2H])[2H])C1([2H])[2H].[2H]c1c2c(c([2H])c(OC)c1OC)C1N(CC2)C([2H])([2H])C([2H])(CC(C)C)C([2H])(OC(=O)[C@@]([2H])(N)C([2H])(C([2H])([2H])[2H])C([2H])([2H])[2H])C1([2H])[2H]. The maximum absolute atomic E-state index is 13.7. The van der Waals surface area contributed by atoms with Gasteiger partial charge in [0.2, 0.25) is 0 Å². The Morgan fingerprint density at radius 1 is 0.367 bits per heavy atom. The van der Waals surface area contributed by atoms with Crippen LogP contribution in [0.25, 0.3) is 0 Å². The summed E-state index contributed by atoms with van der Waals surface area (Å²) in [5, 5.41) is 0. The number of hydrogen-bond donors (Lipinski definition) is 4. The third kappa shape index (κ3) is 23.8. The van der Waals surface area contributed by atoms with Crippen molar-refractivity contribution >= 4 is 23.9 Å². The monoisotopic (exact) mass is 1740 g/mol. The van der Waals surface area contributed by atoms with E-state index in [1.165, 1.54) is 49.0 Å². The number of nitrogens with two attached hydrogens (primary N) is 4. The minimum atomic E-state index is -4.14. The van der Waals surface area contributed by atoms with Crippen molar-refractivity contribution < 1.29 is 169 Å². The van der Waals surface area contributed by atoms with Crippen LogP contribution in [-0.2, 0) is 63.8 Å². The Morgan fingerprint density at radius 2 is 0.592 bits per heavy atom. The summed E-state index contributed by atoms with van der Waals surface area (Å²) in [6, 6.07) is -28.3. The number of esters is 4. The topological polar surface area (TPSA) is 296 Å². The first-order valence-electron chi connectivity index (χ1n) is 71.9. The van der Waals surface area contributed by atoms with Crippen molar-refractivity contribution in [3.63, 3.8) is 0 Å². The molecule has 0 radical (unpaired) electrons. The Hall–Kier alpha value is -7.16. The average Bonchev–Trinajstić information content (AvgIpc) is 0.670. The molecule has 24 heteroatoms. The van der Waals surface area contributed by atoms with Crippen LogP contribution in [-0.4, -0.2) is 201 Å². The number of carbonyl (C=O) groups excluding carboxylic acids is 4. The summed E-state index contributed by atoms with van der Waals surface area (Å²) in [5.41, 5.74) is 21.1. The van der Waals surface area contributed by atoms with Crippen molar-refractivity contribution in [2.24, 2.45) is 93.8 Å². The van der Waals surface area contributed by atoms with Crippen LogP contribution in [0.5, 0.6) is 46.0 Å². The first kappa shape index (κ1) is 39.6. The highest BCUT2D eigenvalue weighted by atomic mass is 16.6. The van der Waals surface area contributed by atoms with Gasteiger partial charge in [-0.25, -0.2) is 0 Å². The number of carbonyl (C=O) groups is 4. The molecule has 8 aliphatic heterocycles. The zero-order chi connectivity index (χ0) is 147. The molecule has 4 aromatic rings. The van der Waals surface area contributed by atoms with E-state index in [1.54, 1.807) is 27.7 Å². The fourth-order valence-electron chi connectivity index (χ4n) is 13.5. The fraction of sp³-hybridized carbons (Fsp3) is 0.708. The second-order valence-corrected chi connectivity index (χ2v) is 29.6. The molecule has 672 valence electrons. The van der Waals surface area contributed by atoms with E-state index in [2.05, 4.69) is 0 Å². The van der Waals surface area contributed by atoms with Gasteiger partial charge < -0.3 is 79.8 Å². The van der Waals surface area contributed by atoms with Gasteiger partial charge in [-0.3, -0.25) is 38.8 Å². The molecule has 12 rings (SSSR count). The van der Waals surface area contributed by atoms with Crippen molar-refractivity contribution in [2.45, 2.75) is 260 Å². The molecule has 0 aliphatic carbocycles. The molecule has 0 spiro atoms. The maximum atomic E-state index is 13.7. The highest BCUT2D eigenvalue weighted by Crippen LogP contribution is 2.50. The molecular weight excluding hydrogens is 1520 g/mol. The van der Waals surface area contributed by atoms with E-state index in [1.807, 2.05) is 0 Å². The number of fused-ring (bicyclic) bond motifs is 12. The molecule has 8 heterocycles. The summed E-state index contributed by atoms with van der Waals surface area (Å²) in [7, 11) is 0.610. The number of piperidine rings is 4. The van der Waals surface area contributed by atoms with Crippen molar-refractivity contribution in [3.05, 3.63) is 92.8 Å². The smallest absolute Gasteiger partial charge is 0.323 e. The van der Waals surface area contributed by atoms with E-state index in [4.69, 9.17) is 151 Å². The predicted octanol–water partition coefficient (Wildman–Crippen LogP) is 14.3. The van der Waals surface area contributed by atoms with Gasteiger partial charge in [0.1, 0.15) is 48.4 Å². The lowest BCUT2D eigenvalue weighted by Gasteiger charge is -2.47. The molecule has 0 saturated carbocycles.